The molecule has 0 radical (unpaired) electrons. The number of carbonyl (C=O) groups excluding carboxylic acids is 1. The summed E-state index contributed by atoms with van der Waals surface area (Å²) in [6.07, 6.45) is 1.79. The summed E-state index contributed by atoms with van der Waals surface area (Å²) in [5.74, 6) is 1.36. The van der Waals surface area contributed by atoms with Crippen LogP contribution in [0.3, 0.4) is 0 Å². The molecule has 1 atom stereocenters. The number of benzene rings is 1. The molecule has 25 heavy (non-hydrogen) atoms. The summed E-state index contributed by atoms with van der Waals surface area (Å²) in [7, 11) is 0. The topological polar surface area (TPSA) is 76.1 Å². The molecule has 1 aromatic carbocycles. The molecule has 0 saturated carbocycles. The first kappa shape index (κ1) is 17.9. The second kappa shape index (κ2) is 7.56. The van der Waals surface area contributed by atoms with Gasteiger partial charge in [0.15, 0.2) is 11.5 Å². The first-order valence-corrected chi connectivity index (χ1v) is 9.50. The van der Waals surface area contributed by atoms with E-state index in [0.717, 1.165) is 22.8 Å². The van der Waals surface area contributed by atoms with Crippen molar-refractivity contribution in [3.63, 3.8) is 0 Å². The second-order valence-electron chi connectivity index (χ2n) is 6.69. The molecule has 1 fully saturated rings. The Kier molecular flexibility index (Phi) is 5.42. The van der Waals surface area contributed by atoms with Gasteiger partial charge < -0.3 is 19.5 Å². The lowest BCUT2D eigenvalue weighted by molar-refractivity contribution is -0.147. The summed E-state index contributed by atoms with van der Waals surface area (Å²) in [5.41, 5.74) is -0.808. The van der Waals surface area contributed by atoms with E-state index >= 15 is 0 Å². The van der Waals surface area contributed by atoms with Gasteiger partial charge in [0, 0.05) is 36.6 Å². The van der Waals surface area contributed by atoms with E-state index < -0.39 is 11.4 Å². The molecule has 3 rings (SSSR count). The SMILES string of the molecule is CC1(C(=O)O)CCN(C(=O)CCSc2ccc3c(c2)OCCCO3)C1. The number of amides is 1. The van der Waals surface area contributed by atoms with Gasteiger partial charge in [-0.05, 0) is 31.5 Å². The number of hydrogen-bond donors (Lipinski definition) is 1. The highest BCUT2D eigenvalue weighted by Gasteiger charge is 2.41. The van der Waals surface area contributed by atoms with Gasteiger partial charge in [-0.2, -0.15) is 0 Å². The fourth-order valence-electron chi connectivity index (χ4n) is 3.00. The van der Waals surface area contributed by atoms with Crippen LogP contribution >= 0.6 is 11.8 Å². The van der Waals surface area contributed by atoms with Crippen molar-refractivity contribution in [1.29, 1.82) is 0 Å². The van der Waals surface area contributed by atoms with Crippen molar-refractivity contribution >= 4 is 23.6 Å². The van der Waals surface area contributed by atoms with Crippen LogP contribution in [0.2, 0.25) is 0 Å². The van der Waals surface area contributed by atoms with Crippen molar-refractivity contribution in [3.8, 4) is 11.5 Å². The molecule has 2 aliphatic rings. The lowest BCUT2D eigenvalue weighted by Gasteiger charge is -2.20. The summed E-state index contributed by atoms with van der Waals surface area (Å²) in [4.78, 5) is 26.3. The molecule has 0 aliphatic carbocycles. The van der Waals surface area contributed by atoms with Crippen molar-refractivity contribution < 1.29 is 24.2 Å². The highest BCUT2D eigenvalue weighted by atomic mass is 32.2. The normalized spacial score (nSPS) is 22.5. The van der Waals surface area contributed by atoms with E-state index in [1.807, 2.05) is 18.2 Å². The average Bonchev–Trinajstić information content (AvgIpc) is 2.85. The Morgan fingerprint density at radius 1 is 1.28 bits per heavy atom. The molecule has 1 saturated heterocycles. The number of hydrogen-bond acceptors (Lipinski definition) is 5. The monoisotopic (exact) mass is 365 g/mol. The Labute approximate surface area is 151 Å². The maximum absolute atomic E-state index is 12.3. The first-order valence-electron chi connectivity index (χ1n) is 8.52. The smallest absolute Gasteiger partial charge is 0.311 e. The Morgan fingerprint density at radius 2 is 2.04 bits per heavy atom. The molecule has 6 nitrogen and oxygen atoms in total. The number of likely N-dealkylation sites (tertiary alicyclic amines) is 1. The molecule has 1 amide bonds. The summed E-state index contributed by atoms with van der Waals surface area (Å²) >= 11 is 1.59. The van der Waals surface area contributed by atoms with Crippen LogP contribution in [0.25, 0.3) is 0 Å². The van der Waals surface area contributed by atoms with E-state index in [2.05, 4.69) is 0 Å². The standard InChI is InChI=1S/C18H23NO5S/c1-18(17(21)22)6-7-19(12-18)16(20)5-10-25-13-3-4-14-15(11-13)24-9-2-8-23-14/h3-4,11H,2,5-10,12H2,1H3,(H,21,22). The molecule has 1 aromatic rings. The molecule has 2 aliphatic heterocycles. The van der Waals surface area contributed by atoms with Crippen LogP contribution in [-0.4, -0.2) is 53.9 Å². The van der Waals surface area contributed by atoms with Gasteiger partial charge in [0.25, 0.3) is 0 Å². The minimum Gasteiger partial charge on any atom is -0.490 e. The summed E-state index contributed by atoms with van der Waals surface area (Å²) < 4.78 is 11.3. The molecular weight excluding hydrogens is 342 g/mol. The fourth-order valence-corrected chi connectivity index (χ4v) is 3.86. The maximum atomic E-state index is 12.3. The van der Waals surface area contributed by atoms with Gasteiger partial charge in [0.1, 0.15) is 0 Å². The van der Waals surface area contributed by atoms with Gasteiger partial charge in [0.05, 0.1) is 18.6 Å². The molecule has 1 unspecified atom stereocenters. The summed E-state index contributed by atoms with van der Waals surface area (Å²) in [5, 5.41) is 9.25. The quantitative estimate of drug-likeness (QED) is 0.809. The number of carbonyl (C=O) groups is 2. The predicted molar refractivity (Wildman–Crippen MR) is 94.3 cm³/mol. The summed E-state index contributed by atoms with van der Waals surface area (Å²) in [6, 6.07) is 5.83. The van der Waals surface area contributed by atoms with Crippen LogP contribution in [0.15, 0.2) is 23.1 Å². The van der Waals surface area contributed by atoms with Crippen molar-refractivity contribution in [2.75, 3.05) is 32.1 Å². The highest BCUT2D eigenvalue weighted by molar-refractivity contribution is 7.99. The van der Waals surface area contributed by atoms with Crippen LogP contribution in [0.1, 0.15) is 26.2 Å². The van der Waals surface area contributed by atoms with E-state index in [0.29, 0.717) is 44.9 Å². The first-order chi connectivity index (χ1) is 12.0. The second-order valence-corrected chi connectivity index (χ2v) is 7.86. The van der Waals surface area contributed by atoms with Gasteiger partial charge >= 0.3 is 5.97 Å². The van der Waals surface area contributed by atoms with Crippen molar-refractivity contribution in [2.45, 2.75) is 31.1 Å². The Hall–Kier alpha value is -1.89. The Bertz CT molecular complexity index is 665. The Morgan fingerprint density at radius 3 is 2.76 bits per heavy atom. The van der Waals surface area contributed by atoms with E-state index in [9.17, 15) is 14.7 Å². The van der Waals surface area contributed by atoms with Crippen LogP contribution in [0, 0.1) is 5.41 Å². The zero-order chi connectivity index (χ0) is 17.9. The number of fused-ring (bicyclic) bond motifs is 1. The van der Waals surface area contributed by atoms with Gasteiger partial charge in [-0.3, -0.25) is 9.59 Å². The zero-order valence-corrected chi connectivity index (χ0v) is 15.1. The number of aliphatic carboxylic acids is 1. The van der Waals surface area contributed by atoms with E-state index in [-0.39, 0.29) is 5.91 Å². The third kappa shape index (κ3) is 4.21. The largest absolute Gasteiger partial charge is 0.490 e. The summed E-state index contributed by atoms with van der Waals surface area (Å²) in [6.45, 7) is 3.84. The van der Waals surface area contributed by atoms with Crippen LogP contribution in [0.4, 0.5) is 0 Å². The van der Waals surface area contributed by atoms with Gasteiger partial charge in [0.2, 0.25) is 5.91 Å². The van der Waals surface area contributed by atoms with E-state index in [1.54, 1.807) is 23.6 Å². The number of carboxylic acid groups (broad SMARTS) is 1. The molecule has 2 heterocycles. The van der Waals surface area contributed by atoms with Crippen LogP contribution in [0.5, 0.6) is 11.5 Å². The number of nitrogens with zero attached hydrogens (tertiary/aromatic N) is 1. The minimum atomic E-state index is -0.829. The predicted octanol–water partition coefficient (Wildman–Crippen LogP) is 2.65. The van der Waals surface area contributed by atoms with E-state index in [1.165, 1.54) is 0 Å². The van der Waals surface area contributed by atoms with Crippen molar-refractivity contribution in [2.24, 2.45) is 5.41 Å². The molecular formula is C18H23NO5S. The van der Waals surface area contributed by atoms with Crippen molar-refractivity contribution in [3.05, 3.63) is 18.2 Å². The maximum Gasteiger partial charge on any atom is 0.311 e. The molecule has 0 aromatic heterocycles. The number of carboxylic acids is 1. The lowest BCUT2D eigenvalue weighted by Crippen LogP contribution is -2.34. The zero-order valence-electron chi connectivity index (χ0n) is 14.3. The van der Waals surface area contributed by atoms with Gasteiger partial charge in [-0.25, -0.2) is 0 Å². The molecule has 0 bridgehead atoms. The van der Waals surface area contributed by atoms with Gasteiger partial charge in [-0.1, -0.05) is 0 Å². The molecule has 7 heteroatoms. The minimum absolute atomic E-state index is 0.0202. The fraction of sp³-hybridized carbons (Fsp3) is 0.556. The third-order valence-corrected chi connectivity index (χ3v) is 5.64. The average molecular weight is 365 g/mol. The van der Waals surface area contributed by atoms with Crippen LogP contribution in [-0.2, 0) is 9.59 Å². The van der Waals surface area contributed by atoms with E-state index in [4.69, 9.17) is 9.47 Å². The number of ether oxygens (including phenoxy) is 2. The Balaban J connectivity index is 1.49. The molecule has 136 valence electrons. The van der Waals surface area contributed by atoms with Crippen molar-refractivity contribution in [1.82, 2.24) is 4.90 Å². The number of thioether (sulfide) groups is 1. The highest BCUT2D eigenvalue weighted by Crippen LogP contribution is 2.34. The number of rotatable bonds is 5. The van der Waals surface area contributed by atoms with Crippen LogP contribution < -0.4 is 9.47 Å². The van der Waals surface area contributed by atoms with Gasteiger partial charge in [-0.15, -0.1) is 11.8 Å². The third-order valence-electron chi connectivity index (χ3n) is 4.65. The lowest BCUT2D eigenvalue weighted by atomic mass is 9.90. The molecule has 0 spiro atoms. The molecule has 1 N–H and O–H groups in total.